The highest BCUT2D eigenvalue weighted by Gasteiger charge is 2.08. The Hall–Kier alpha value is -3.35. The Bertz CT molecular complexity index is 774. The molecule has 0 aliphatic rings. The van der Waals surface area contributed by atoms with Crippen molar-refractivity contribution in [3.8, 4) is 0 Å². The van der Waals surface area contributed by atoms with Gasteiger partial charge in [-0.05, 0) is 18.6 Å². The third kappa shape index (κ3) is 4.57. The summed E-state index contributed by atoms with van der Waals surface area (Å²) in [6.07, 6.45) is 0. The summed E-state index contributed by atoms with van der Waals surface area (Å²) >= 11 is 0. The summed E-state index contributed by atoms with van der Waals surface area (Å²) in [6, 6.07) is 13.6. The lowest BCUT2D eigenvalue weighted by molar-refractivity contribution is -0.384. The number of aryl methyl sites for hydroxylation is 1. The molecular formula is C17H18N4O3. The van der Waals surface area contributed by atoms with E-state index in [9.17, 15) is 14.9 Å². The number of carbonyl (C=O) groups is 1. The largest absolute Gasteiger partial charge is 0.376 e. The second-order valence-corrected chi connectivity index (χ2v) is 5.13. The van der Waals surface area contributed by atoms with E-state index in [2.05, 4.69) is 22.7 Å². The minimum atomic E-state index is -0.485. The maximum absolute atomic E-state index is 11.9. The van der Waals surface area contributed by atoms with E-state index in [1.54, 1.807) is 12.1 Å². The van der Waals surface area contributed by atoms with Gasteiger partial charge in [-0.2, -0.15) is 0 Å². The molecule has 0 heterocycles. The molecule has 0 saturated carbocycles. The summed E-state index contributed by atoms with van der Waals surface area (Å²) in [5.41, 5.74) is 7.93. The Morgan fingerprint density at radius 2 is 1.92 bits per heavy atom. The average Bonchev–Trinajstić information content (AvgIpc) is 2.59. The van der Waals surface area contributed by atoms with Crippen LogP contribution < -0.4 is 16.2 Å². The number of rotatable bonds is 7. The molecule has 124 valence electrons. The molecule has 0 fully saturated rings. The van der Waals surface area contributed by atoms with Crippen LogP contribution in [-0.4, -0.2) is 17.4 Å². The number of non-ortho nitro benzene ring substituents is 1. The van der Waals surface area contributed by atoms with Crippen LogP contribution in [0, 0.1) is 17.0 Å². The van der Waals surface area contributed by atoms with Gasteiger partial charge in [0.15, 0.2) is 0 Å². The maximum atomic E-state index is 11.9. The van der Waals surface area contributed by atoms with E-state index in [4.69, 9.17) is 0 Å². The zero-order valence-corrected chi connectivity index (χ0v) is 13.2. The first kappa shape index (κ1) is 17.0. The molecular weight excluding hydrogens is 308 g/mol. The Balaban J connectivity index is 1.85. The molecule has 0 aliphatic heterocycles. The second kappa shape index (κ2) is 7.77. The van der Waals surface area contributed by atoms with Gasteiger partial charge in [0.05, 0.1) is 17.2 Å². The van der Waals surface area contributed by atoms with Gasteiger partial charge in [-0.1, -0.05) is 36.9 Å². The molecule has 0 bridgehead atoms. The van der Waals surface area contributed by atoms with Crippen molar-refractivity contribution in [1.29, 1.82) is 0 Å². The summed E-state index contributed by atoms with van der Waals surface area (Å²) < 4.78 is 0. The predicted molar refractivity (Wildman–Crippen MR) is 93.1 cm³/mol. The van der Waals surface area contributed by atoms with Crippen molar-refractivity contribution < 1.29 is 9.72 Å². The molecule has 7 nitrogen and oxygen atoms in total. The molecule has 0 spiro atoms. The molecule has 0 saturated heterocycles. The number of nitro benzene ring substituents is 1. The number of anilines is 1. The van der Waals surface area contributed by atoms with Crippen LogP contribution in [0.25, 0.3) is 5.70 Å². The maximum Gasteiger partial charge on any atom is 0.270 e. The highest BCUT2D eigenvalue weighted by atomic mass is 16.6. The van der Waals surface area contributed by atoms with Crippen molar-refractivity contribution in [3.05, 3.63) is 76.4 Å². The first-order chi connectivity index (χ1) is 11.5. The number of amides is 1. The number of para-hydroxylation sites is 1. The minimum absolute atomic E-state index is 0.0389. The van der Waals surface area contributed by atoms with Crippen LogP contribution >= 0.6 is 0 Å². The standard InChI is InChI=1S/C17H18N4O3/c1-12-6-3-4-9-16(12)18-11-17(22)20-19-13(2)14-7-5-8-15(10-14)21(23)24/h3-10,18-19H,2,11H2,1H3,(H,20,22). The van der Waals surface area contributed by atoms with Gasteiger partial charge in [0.1, 0.15) is 0 Å². The second-order valence-electron chi connectivity index (χ2n) is 5.13. The van der Waals surface area contributed by atoms with E-state index in [1.807, 2.05) is 31.2 Å². The highest BCUT2D eigenvalue weighted by Crippen LogP contribution is 2.17. The Labute approximate surface area is 139 Å². The van der Waals surface area contributed by atoms with Crippen LogP contribution in [-0.2, 0) is 4.79 Å². The van der Waals surface area contributed by atoms with Gasteiger partial charge < -0.3 is 5.32 Å². The number of nitrogens with zero attached hydrogens (tertiary/aromatic N) is 1. The quantitative estimate of drug-likeness (QED) is 0.537. The predicted octanol–water partition coefficient (Wildman–Crippen LogP) is 2.61. The fraction of sp³-hybridized carbons (Fsp3) is 0.118. The molecule has 0 radical (unpaired) electrons. The number of hydrogen-bond acceptors (Lipinski definition) is 5. The molecule has 1 amide bonds. The van der Waals surface area contributed by atoms with Gasteiger partial charge in [-0.3, -0.25) is 25.8 Å². The first-order valence-electron chi connectivity index (χ1n) is 7.25. The molecule has 0 aliphatic carbocycles. The number of carbonyl (C=O) groups excluding carboxylic acids is 1. The monoisotopic (exact) mass is 326 g/mol. The number of hydrazine groups is 1. The van der Waals surface area contributed by atoms with E-state index < -0.39 is 4.92 Å². The third-order valence-corrected chi connectivity index (χ3v) is 3.34. The first-order valence-corrected chi connectivity index (χ1v) is 7.25. The van der Waals surface area contributed by atoms with E-state index in [0.717, 1.165) is 11.3 Å². The van der Waals surface area contributed by atoms with Gasteiger partial charge in [0.25, 0.3) is 11.6 Å². The van der Waals surface area contributed by atoms with E-state index in [1.165, 1.54) is 12.1 Å². The molecule has 2 rings (SSSR count). The van der Waals surface area contributed by atoms with Crippen molar-refractivity contribution in [2.75, 3.05) is 11.9 Å². The molecule has 3 N–H and O–H groups in total. The number of hydrogen-bond donors (Lipinski definition) is 3. The zero-order chi connectivity index (χ0) is 17.5. The number of nitrogens with one attached hydrogen (secondary N) is 3. The Morgan fingerprint density at radius 3 is 2.62 bits per heavy atom. The van der Waals surface area contributed by atoms with Crippen LogP contribution in [0.5, 0.6) is 0 Å². The fourth-order valence-electron chi connectivity index (χ4n) is 2.02. The molecule has 0 aromatic heterocycles. The van der Waals surface area contributed by atoms with Crippen LogP contribution in [0.2, 0.25) is 0 Å². The fourth-order valence-corrected chi connectivity index (χ4v) is 2.02. The summed E-state index contributed by atoms with van der Waals surface area (Å²) in [5, 5.41) is 13.8. The molecule has 2 aromatic carbocycles. The van der Waals surface area contributed by atoms with Crippen LogP contribution in [0.3, 0.4) is 0 Å². The van der Waals surface area contributed by atoms with Crippen molar-refractivity contribution in [1.82, 2.24) is 10.9 Å². The average molecular weight is 326 g/mol. The van der Waals surface area contributed by atoms with Crippen molar-refractivity contribution >= 4 is 23.0 Å². The summed E-state index contributed by atoms with van der Waals surface area (Å²) in [5.74, 6) is -0.287. The Morgan fingerprint density at radius 1 is 1.17 bits per heavy atom. The molecule has 24 heavy (non-hydrogen) atoms. The zero-order valence-electron chi connectivity index (χ0n) is 13.2. The van der Waals surface area contributed by atoms with Crippen LogP contribution in [0.4, 0.5) is 11.4 Å². The third-order valence-electron chi connectivity index (χ3n) is 3.34. The lowest BCUT2D eigenvalue weighted by Gasteiger charge is -2.13. The molecule has 0 atom stereocenters. The van der Waals surface area contributed by atoms with E-state index in [-0.39, 0.29) is 18.1 Å². The summed E-state index contributed by atoms with van der Waals surface area (Å²) in [4.78, 5) is 22.1. The highest BCUT2D eigenvalue weighted by molar-refractivity contribution is 5.81. The molecule has 2 aromatic rings. The minimum Gasteiger partial charge on any atom is -0.376 e. The van der Waals surface area contributed by atoms with Gasteiger partial charge in [-0.15, -0.1) is 0 Å². The van der Waals surface area contributed by atoms with Crippen molar-refractivity contribution in [2.24, 2.45) is 0 Å². The SMILES string of the molecule is C=C(NNC(=O)CNc1ccccc1C)c1cccc([N+](=O)[O-])c1. The lowest BCUT2D eigenvalue weighted by atomic mass is 10.1. The molecule has 7 heteroatoms. The van der Waals surface area contributed by atoms with Gasteiger partial charge in [0.2, 0.25) is 0 Å². The van der Waals surface area contributed by atoms with Gasteiger partial charge in [-0.25, -0.2) is 0 Å². The lowest BCUT2D eigenvalue weighted by Crippen LogP contribution is -2.39. The van der Waals surface area contributed by atoms with Crippen LogP contribution in [0.1, 0.15) is 11.1 Å². The van der Waals surface area contributed by atoms with Gasteiger partial charge >= 0.3 is 0 Å². The van der Waals surface area contributed by atoms with Crippen molar-refractivity contribution in [3.63, 3.8) is 0 Å². The van der Waals surface area contributed by atoms with Gasteiger partial charge in [0, 0.05) is 23.4 Å². The van der Waals surface area contributed by atoms with Crippen LogP contribution in [0.15, 0.2) is 55.1 Å². The Kier molecular flexibility index (Phi) is 5.51. The van der Waals surface area contributed by atoms with Crippen molar-refractivity contribution in [2.45, 2.75) is 6.92 Å². The number of benzene rings is 2. The topological polar surface area (TPSA) is 96.3 Å². The smallest absolute Gasteiger partial charge is 0.270 e. The summed E-state index contributed by atoms with van der Waals surface area (Å²) in [6.45, 7) is 5.79. The number of nitro groups is 1. The molecule has 0 unspecified atom stereocenters. The summed E-state index contributed by atoms with van der Waals surface area (Å²) in [7, 11) is 0. The normalized spacial score (nSPS) is 9.88. The van der Waals surface area contributed by atoms with E-state index >= 15 is 0 Å². The van der Waals surface area contributed by atoms with E-state index in [0.29, 0.717) is 11.3 Å².